The molecule has 9 aliphatic heterocycles. The molecular weight excluding hydrogens is 1820 g/mol. The summed E-state index contributed by atoms with van der Waals surface area (Å²) in [6.45, 7) is 4.87. The molecule has 13 aliphatic rings. The molecular formula is C113H130O29. The van der Waals surface area contributed by atoms with Crippen LogP contribution in [0.3, 0.4) is 0 Å². The fourth-order valence-corrected chi connectivity index (χ4v) is 19.1. The third kappa shape index (κ3) is 30.0. The van der Waals surface area contributed by atoms with E-state index in [1.165, 1.54) is 103 Å². The van der Waals surface area contributed by atoms with Crippen LogP contribution in [-0.2, 0) is 161 Å². The first-order chi connectivity index (χ1) is 68.9. The van der Waals surface area contributed by atoms with Crippen molar-refractivity contribution in [3.05, 3.63) is 271 Å². The summed E-state index contributed by atoms with van der Waals surface area (Å²) in [5.74, 6) is 11.6. The zero-order valence-corrected chi connectivity index (χ0v) is 82.7. The first-order valence-corrected chi connectivity index (χ1v) is 48.9. The largest absolute Gasteiger partial charge is 0.504 e. The molecule has 20 rings (SSSR count). The molecule has 7 aromatic rings. The van der Waals surface area contributed by atoms with Crippen LogP contribution in [0.2, 0.25) is 0 Å². The highest BCUT2D eigenvalue weighted by atomic mass is 16.7. The molecule has 142 heavy (non-hydrogen) atoms. The smallest absolute Gasteiger partial charge is 0.337 e. The van der Waals surface area contributed by atoms with Crippen molar-refractivity contribution >= 4 is 41.4 Å². The third-order valence-electron chi connectivity index (χ3n) is 27.1. The molecule has 0 fully saturated rings. The number of ketones is 2. The molecule has 756 valence electrons. The summed E-state index contributed by atoms with van der Waals surface area (Å²) in [4.78, 5) is 80.7. The normalized spacial score (nSPS) is 20.9. The van der Waals surface area contributed by atoms with Gasteiger partial charge in [-0.1, -0.05) is 73.7 Å². The van der Waals surface area contributed by atoms with E-state index in [1.807, 2.05) is 79.7 Å². The lowest BCUT2D eigenvalue weighted by molar-refractivity contribution is -0.149. The summed E-state index contributed by atoms with van der Waals surface area (Å²) in [6.07, 6.45) is 33.2. The van der Waals surface area contributed by atoms with Crippen molar-refractivity contribution in [2.45, 2.75) is 224 Å². The monoisotopic (exact) mass is 1950 g/mol. The van der Waals surface area contributed by atoms with Crippen LogP contribution in [0.15, 0.2) is 210 Å². The average molecular weight is 1950 g/mol. The highest BCUT2D eigenvalue weighted by Gasteiger charge is 2.34. The lowest BCUT2D eigenvalue weighted by Crippen LogP contribution is -2.31. The molecule has 29 nitrogen and oxygen atoms in total. The summed E-state index contributed by atoms with van der Waals surface area (Å²) >= 11 is 0. The lowest BCUT2D eigenvalue weighted by Gasteiger charge is -2.28. The number of rotatable bonds is 29. The average Bonchev–Trinajstić information content (AvgIpc) is 1.83. The van der Waals surface area contributed by atoms with Crippen molar-refractivity contribution < 1.29 is 138 Å². The van der Waals surface area contributed by atoms with Crippen LogP contribution in [0.1, 0.15) is 184 Å². The number of aryl methyl sites for hydroxylation is 11. The SMILES string of the molecule is COC1=C(C)C(=O)OC(CCc2ccc3c(c2)OCO3)C1.COC1=CC(=O)CC(CCc2ccc3c(c2)CCC3)C1.COC1=CC(=O)CC(CCc2ccc3c(c2)OCO3)C1.COC1=CC(=O)OC(CCc2ccc(OC)c(O)c2)C1.COC1=CC(=O)OC(CCc2ccc3c(c2)CCC3)C1.COC1=CC(=O)OC(CCc2ccc3c(c2)OCO3)C1C.COC1=CC(=O)O[C@H](CCc2ccc3c(c2)OCO3)C1. The highest BCUT2D eigenvalue weighted by molar-refractivity contribution is 5.92. The predicted molar refractivity (Wildman–Crippen MR) is 523 cm³/mol. The molecule has 0 saturated carbocycles. The number of methoxy groups -OCH3 is 8. The van der Waals surface area contributed by atoms with Crippen LogP contribution in [0.25, 0.3) is 0 Å². The predicted octanol–water partition coefficient (Wildman–Crippen LogP) is 18.8. The Balaban J connectivity index is 0.000000132. The molecule has 0 saturated heterocycles. The molecule has 7 aromatic carbocycles. The van der Waals surface area contributed by atoms with Crippen molar-refractivity contribution in [3.8, 4) is 57.5 Å². The van der Waals surface area contributed by atoms with E-state index < -0.39 is 0 Å². The maximum atomic E-state index is 11.7. The maximum absolute atomic E-state index is 11.7. The minimum atomic E-state index is -0.365. The van der Waals surface area contributed by atoms with Crippen molar-refractivity contribution in [3.63, 3.8) is 0 Å². The van der Waals surface area contributed by atoms with Crippen molar-refractivity contribution in [2.75, 3.05) is 84.1 Å². The fraction of sp³-hybridized carbons (Fsp3) is 0.442. The molecule has 0 aromatic heterocycles. The highest BCUT2D eigenvalue weighted by Crippen LogP contribution is 2.41. The molecule has 0 spiro atoms. The van der Waals surface area contributed by atoms with Crippen LogP contribution >= 0.6 is 0 Å². The lowest BCUT2D eigenvalue weighted by atomic mass is 9.87. The molecule has 0 bridgehead atoms. The number of hydrogen-bond donors (Lipinski definition) is 1. The number of carbonyl (C=O) groups is 7. The number of phenols is 1. The molecule has 4 aliphatic carbocycles. The Hall–Kier alpha value is -14.0. The Labute approximate surface area is 829 Å². The minimum Gasteiger partial charge on any atom is -0.504 e. The van der Waals surface area contributed by atoms with Crippen LogP contribution in [0.4, 0.5) is 0 Å². The van der Waals surface area contributed by atoms with Crippen molar-refractivity contribution in [1.82, 2.24) is 0 Å². The van der Waals surface area contributed by atoms with E-state index in [9.17, 15) is 38.7 Å². The van der Waals surface area contributed by atoms with Crippen LogP contribution in [0, 0.1) is 17.8 Å². The third-order valence-corrected chi connectivity index (χ3v) is 27.1. The molecule has 7 unspecified atom stereocenters. The Morgan fingerprint density at radius 3 is 1.01 bits per heavy atom. The summed E-state index contributed by atoms with van der Waals surface area (Å²) < 4.78 is 111. The van der Waals surface area contributed by atoms with Gasteiger partial charge in [-0.05, 0) is 269 Å². The number of hydrogen-bond acceptors (Lipinski definition) is 29. The quantitative estimate of drug-likeness (QED) is 0.0336. The fourth-order valence-electron chi connectivity index (χ4n) is 19.1. The van der Waals surface area contributed by atoms with Gasteiger partial charge in [0.05, 0.1) is 104 Å². The van der Waals surface area contributed by atoms with Gasteiger partial charge in [-0.2, -0.15) is 0 Å². The number of cyclic esters (lactones) is 5. The number of ether oxygens (including phenoxy) is 21. The summed E-state index contributed by atoms with van der Waals surface area (Å²) in [5, 5.41) is 9.71. The van der Waals surface area contributed by atoms with Gasteiger partial charge in [0.2, 0.25) is 27.2 Å². The first-order valence-electron chi connectivity index (χ1n) is 48.9. The van der Waals surface area contributed by atoms with E-state index in [4.69, 9.17) is 99.5 Å². The minimum absolute atomic E-state index is 0.0595. The second kappa shape index (κ2) is 51.4. The number of fused-ring (bicyclic) bond motifs is 6. The van der Waals surface area contributed by atoms with Gasteiger partial charge in [0, 0.05) is 63.5 Å². The Morgan fingerprint density at radius 2 is 0.634 bits per heavy atom. The number of phenolic OH excluding ortho intramolecular Hbond substituents is 1. The standard InChI is InChI=1S/C18H22O2.C17H20O3.2C16H18O5.C16H18O4.C15H16O5.C15H18O5/c1-20-18-11-14(10-17(19)12-18)6-5-13-7-8-15-3-2-4-16(15)9-13;1-19-16-10-15(20-17(18)11-16)8-6-12-5-7-13-3-2-4-14(13)9-12;1-10-12(21-16(17)8-14(10)18-2)5-3-11-4-6-13-15(7-11)20-9-19-13;1-10-14(18-2)8-12(21-16(10)17)5-3-11-4-6-13-15(7-11)20-9-19-13;1-18-14-7-12(6-13(17)9-14)3-2-11-4-5-15-16(8-11)20-10-19-15;1-17-12-7-11(20-15(16)8-12)4-2-10-3-5-13-14(6-10)19-9-18-13;1-18-12-8-11(20-15(17)9-12)5-3-10-4-6-14(19-2)13(16)7-10/h7-9,12,14H,2-6,10-11H2,1H3;5,7,9,11,15H,2-4,6,8,10H2,1H3;4,6-8,10,12H,3,5,9H2,1-2H3;4,6-7,12H,3,5,8-9H2,1-2H3;4-5,8-9,12H,2-3,6-7,10H2,1H3;3,5-6,8,11H,2,4,7,9H2,1H3;4,6-7,9,11,16H,3,5,8H2,1-2H3/t;;;;;11-;/m.....1./s1. The second-order valence-electron chi connectivity index (χ2n) is 36.8. The Kier molecular flexibility index (Phi) is 37.6. The molecule has 29 heteroatoms. The number of aromatic hydroxyl groups is 1. The van der Waals surface area contributed by atoms with Gasteiger partial charge in [-0.3, -0.25) is 9.59 Å². The number of esters is 5. The van der Waals surface area contributed by atoms with Gasteiger partial charge in [0.15, 0.2) is 69.1 Å². The zero-order valence-electron chi connectivity index (χ0n) is 82.7. The summed E-state index contributed by atoms with van der Waals surface area (Å²) in [6, 6.07) is 42.7. The van der Waals surface area contributed by atoms with Crippen molar-refractivity contribution in [1.29, 1.82) is 0 Å². The Bertz CT molecular complexity index is 5440. The Morgan fingerprint density at radius 1 is 0.303 bits per heavy atom. The van der Waals surface area contributed by atoms with Gasteiger partial charge in [0.25, 0.3) is 0 Å². The van der Waals surface area contributed by atoms with E-state index in [0.29, 0.717) is 98.6 Å². The summed E-state index contributed by atoms with van der Waals surface area (Å²) in [5.41, 5.74) is 15.0. The van der Waals surface area contributed by atoms with Crippen LogP contribution in [-0.4, -0.2) is 161 Å². The van der Waals surface area contributed by atoms with Gasteiger partial charge in [-0.25, -0.2) is 24.0 Å². The first kappa shape index (κ1) is 104. The van der Waals surface area contributed by atoms with Gasteiger partial charge < -0.3 is 105 Å². The van der Waals surface area contributed by atoms with Crippen molar-refractivity contribution in [2.24, 2.45) is 17.8 Å². The number of benzene rings is 7. The number of allylic oxidation sites excluding steroid dienone is 4. The van der Waals surface area contributed by atoms with E-state index in [0.717, 1.165) is 181 Å². The summed E-state index contributed by atoms with van der Waals surface area (Å²) in [7, 11) is 12.7. The molecule has 1 N–H and O–H groups in total. The van der Waals surface area contributed by atoms with Gasteiger partial charge in [0.1, 0.15) is 59.3 Å². The van der Waals surface area contributed by atoms with Gasteiger partial charge in [-0.15, -0.1) is 0 Å². The number of carbonyl (C=O) groups excluding carboxylic acids is 7. The van der Waals surface area contributed by atoms with E-state index in [1.54, 1.807) is 86.5 Å². The molecule has 9 heterocycles. The molecule has 8 atom stereocenters. The molecule has 0 radical (unpaired) electrons. The van der Waals surface area contributed by atoms with Gasteiger partial charge >= 0.3 is 29.8 Å². The van der Waals surface area contributed by atoms with E-state index in [2.05, 4.69) is 42.5 Å². The second-order valence-corrected chi connectivity index (χ2v) is 36.8. The zero-order chi connectivity index (χ0) is 100.0. The van der Waals surface area contributed by atoms with E-state index in [-0.39, 0.29) is 104 Å². The maximum Gasteiger partial charge on any atom is 0.337 e. The van der Waals surface area contributed by atoms with E-state index >= 15 is 0 Å². The van der Waals surface area contributed by atoms with Crippen LogP contribution in [0.5, 0.6) is 57.5 Å². The van der Waals surface area contributed by atoms with Crippen LogP contribution < -0.4 is 42.6 Å². The topological polar surface area (TPSA) is 334 Å². The molecule has 0 amide bonds.